The van der Waals surface area contributed by atoms with Crippen LogP contribution < -0.4 is 5.32 Å². The number of amides is 2. The Morgan fingerprint density at radius 3 is 3.00 bits per heavy atom. The molecule has 7 heteroatoms. The number of nitrogens with one attached hydrogen (secondary N) is 1. The summed E-state index contributed by atoms with van der Waals surface area (Å²) in [6.45, 7) is 0.516. The van der Waals surface area contributed by atoms with Crippen LogP contribution in [-0.2, 0) is 9.53 Å². The molecule has 2 aliphatic rings. The maximum atomic E-state index is 12.5. The van der Waals surface area contributed by atoms with E-state index in [2.05, 4.69) is 5.32 Å². The lowest BCUT2D eigenvalue weighted by Gasteiger charge is -2.41. The van der Waals surface area contributed by atoms with Crippen molar-refractivity contribution in [3.8, 4) is 0 Å². The smallest absolute Gasteiger partial charge is 0.405 e. The SMILES string of the molecule is COC[C@@H]1CCC[C@@H]2SCC[C@H](NC(=O)O)C(=O)N12. The number of piperidine rings is 1. The molecule has 0 aromatic carbocycles. The van der Waals surface area contributed by atoms with Crippen molar-refractivity contribution in [2.24, 2.45) is 0 Å². The van der Waals surface area contributed by atoms with Gasteiger partial charge in [0.1, 0.15) is 6.04 Å². The summed E-state index contributed by atoms with van der Waals surface area (Å²) >= 11 is 1.75. The number of fused-ring (bicyclic) bond motifs is 1. The van der Waals surface area contributed by atoms with Crippen LogP contribution in [0.4, 0.5) is 4.79 Å². The number of carboxylic acid groups (broad SMARTS) is 1. The molecule has 2 N–H and O–H groups in total. The molecule has 0 spiro atoms. The molecule has 2 aliphatic heterocycles. The van der Waals surface area contributed by atoms with Crippen molar-refractivity contribution in [3.05, 3.63) is 0 Å². The summed E-state index contributed by atoms with van der Waals surface area (Å²) in [6, 6.07) is -0.549. The second-order valence-electron chi connectivity index (χ2n) is 4.90. The van der Waals surface area contributed by atoms with Gasteiger partial charge in [-0.15, -0.1) is 11.8 Å². The van der Waals surface area contributed by atoms with Gasteiger partial charge in [0.2, 0.25) is 5.91 Å². The first kappa shape index (κ1) is 14.5. The summed E-state index contributed by atoms with van der Waals surface area (Å²) in [7, 11) is 1.63. The lowest BCUT2D eigenvalue weighted by atomic mass is 10.0. The number of carbonyl (C=O) groups excluding carboxylic acids is 1. The van der Waals surface area contributed by atoms with Crippen molar-refractivity contribution in [3.63, 3.8) is 0 Å². The molecule has 0 aliphatic carbocycles. The summed E-state index contributed by atoms with van der Waals surface area (Å²) < 4.78 is 5.20. The van der Waals surface area contributed by atoms with Gasteiger partial charge in [0, 0.05) is 7.11 Å². The molecule has 0 aromatic rings. The van der Waals surface area contributed by atoms with E-state index in [-0.39, 0.29) is 17.3 Å². The van der Waals surface area contributed by atoms with Gasteiger partial charge < -0.3 is 20.1 Å². The predicted octanol–water partition coefficient (Wildman–Crippen LogP) is 1.11. The Morgan fingerprint density at radius 1 is 1.53 bits per heavy atom. The van der Waals surface area contributed by atoms with Crippen LogP contribution in [0.2, 0.25) is 0 Å². The zero-order valence-electron chi connectivity index (χ0n) is 11.0. The third-order valence-electron chi connectivity index (χ3n) is 3.62. The van der Waals surface area contributed by atoms with Crippen LogP contribution in [0.5, 0.6) is 0 Å². The number of carbonyl (C=O) groups is 2. The van der Waals surface area contributed by atoms with E-state index in [0.717, 1.165) is 25.0 Å². The van der Waals surface area contributed by atoms with E-state index < -0.39 is 12.1 Å². The molecule has 0 aromatic heterocycles. The molecule has 2 amide bonds. The molecular weight excluding hydrogens is 268 g/mol. The maximum absolute atomic E-state index is 12.5. The van der Waals surface area contributed by atoms with E-state index in [1.807, 2.05) is 4.90 Å². The zero-order valence-corrected chi connectivity index (χ0v) is 11.8. The van der Waals surface area contributed by atoms with E-state index in [1.54, 1.807) is 18.9 Å². The van der Waals surface area contributed by atoms with E-state index in [4.69, 9.17) is 9.84 Å². The van der Waals surface area contributed by atoms with Gasteiger partial charge in [-0.3, -0.25) is 4.79 Å². The third kappa shape index (κ3) is 3.33. The average Bonchev–Trinajstić information content (AvgIpc) is 2.51. The first-order valence-electron chi connectivity index (χ1n) is 6.55. The van der Waals surface area contributed by atoms with Crippen LogP contribution in [0.15, 0.2) is 0 Å². The highest BCUT2D eigenvalue weighted by Crippen LogP contribution is 2.34. The molecule has 19 heavy (non-hydrogen) atoms. The molecule has 2 saturated heterocycles. The van der Waals surface area contributed by atoms with Gasteiger partial charge in [0.15, 0.2) is 0 Å². The number of thioether (sulfide) groups is 1. The molecule has 108 valence electrons. The van der Waals surface area contributed by atoms with Crippen LogP contribution in [0.25, 0.3) is 0 Å². The van der Waals surface area contributed by atoms with Crippen molar-refractivity contribution < 1.29 is 19.4 Å². The molecule has 2 rings (SSSR count). The standard InChI is InChI=1S/C12H20N2O4S/c1-18-7-8-3-2-4-10-14(8)11(15)9(5-6-19-10)13-12(16)17/h8-10,13H,2-7H2,1H3,(H,16,17)/t8-,9-,10-/m0/s1. The van der Waals surface area contributed by atoms with Gasteiger partial charge in [-0.25, -0.2) is 4.79 Å². The summed E-state index contributed by atoms with van der Waals surface area (Å²) in [4.78, 5) is 25.2. The van der Waals surface area contributed by atoms with Gasteiger partial charge in [0.05, 0.1) is 18.0 Å². The summed E-state index contributed by atoms with van der Waals surface area (Å²) in [5, 5.41) is 11.3. The monoisotopic (exact) mass is 288 g/mol. The largest absolute Gasteiger partial charge is 0.465 e. The molecule has 0 radical (unpaired) electrons. The van der Waals surface area contributed by atoms with Crippen LogP contribution >= 0.6 is 11.8 Å². The fraction of sp³-hybridized carbons (Fsp3) is 0.833. The number of ether oxygens (including phenoxy) is 1. The van der Waals surface area contributed by atoms with E-state index in [9.17, 15) is 9.59 Å². The molecule has 2 fully saturated rings. The Bertz CT molecular complexity index is 351. The van der Waals surface area contributed by atoms with Crippen LogP contribution in [-0.4, -0.2) is 58.9 Å². The van der Waals surface area contributed by atoms with E-state index >= 15 is 0 Å². The highest BCUT2D eigenvalue weighted by molar-refractivity contribution is 7.99. The van der Waals surface area contributed by atoms with Gasteiger partial charge >= 0.3 is 6.09 Å². The Kier molecular flexibility index (Phi) is 4.93. The topological polar surface area (TPSA) is 78.9 Å². The van der Waals surface area contributed by atoms with Crippen molar-refractivity contribution in [2.45, 2.75) is 43.1 Å². The fourth-order valence-corrected chi connectivity index (χ4v) is 4.21. The third-order valence-corrected chi connectivity index (χ3v) is 4.94. The second-order valence-corrected chi connectivity index (χ2v) is 6.19. The highest BCUT2D eigenvalue weighted by atomic mass is 32.2. The lowest BCUT2D eigenvalue weighted by Crippen LogP contribution is -2.56. The minimum Gasteiger partial charge on any atom is -0.465 e. The quantitative estimate of drug-likeness (QED) is 0.813. The molecule has 3 atom stereocenters. The van der Waals surface area contributed by atoms with Gasteiger partial charge in [-0.2, -0.15) is 0 Å². The van der Waals surface area contributed by atoms with Crippen molar-refractivity contribution in [2.75, 3.05) is 19.5 Å². The van der Waals surface area contributed by atoms with Gasteiger partial charge in [0.25, 0.3) is 0 Å². The number of hydrogen-bond donors (Lipinski definition) is 2. The van der Waals surface area contributed by atoms with Crippen molar-refractivity contribution >= 4 is 23.8 Å². The van der Waals surface area contributed by atoms with Crippen LogP contribution in [0.3, 0.4) is 0 Å². The normalized spacial score (nSPS) is 31.5. The molecular formula is C12H20N2O4S. The first-order chi connectivity index (χ1) is 9.13. The van der Waals surface area contributed by atoms with E-state index in [0.29, 0.717) is 13.0 Å². The molecule has 0 bridgehead atoms. The molecule has 0 unspecified atom stereocenters. The number of rotatable bonds is 3. The van der Waals surface area contributed by atoms with Crippen molar-refractivity contribution in [1.29, 1.82) is 0 Å². The molecule has 6 nitrogen and oxygen atoms in total. The average molecular weight is 288 g/mol. The molecule has 0 saturated carbocycles. The Morgan fingerprint density at radius 2 is 2.32 bits per heavy atom. The highest BCUT2D eigenvalue weighted by Gasteiger charge is 2.40. The summed E-state index contributed by atoms with van der Waals surface area (Å²) in [5.41, 5.74) is 0. The van der Waals surface area contributed by atoms with E-state index in [1.165, 1.54) is 0 Å². The van der Waals surface area contributed by atoms with Crippen LogP contribution in [0, 0.1) is 0 Å². The Balaban J connectivity index is 2.15. The van der Waals surface area contributed by atoms with Crippen molar-refractivity contribution in [1.82, 2.24) is 10.2 Å². The first-order valence-corrected chi connectivity index (χ1v) is 7.60. The number of methoxy groups -OCH3 is 1. The summed E-state index contributed by atoms with van der Waals surface area (Å²) in [5.74, 6) is 0.705. The lowest BCUT2D eigenvalue weighted by molar-refractivity contribution is -0.139. The van der Waals surface area contributed by atoms with Gasteiger partial charge in [-0.1, -0.05) is 0 Å². The Labute approximate surface area is 116 Å². The number of nitrogens with zero attached hydrogens (tertiary/aromatic N) is 1. The minimum absolute atomic E-state index is 0.0694. The number of hydrogen-bond acceptors (Lipinski definition) is 4. The maximum Gasteiger partial charge on any atom is 0.405 e. The van der Waals surface area contributed by atoms with Crippen LogP contribution in [0.1, 0.15) is 25.7 Å². The zero-order chi connectivity index (χ0) is 13.8. The van der Waals surface area contributed by atoms with Gasteiger partial charge in [-0.05, 0) is 31.4 Å². The summed E-state index contributed by atoms with van der Waals surface area (Å²) in [6.07, 6.45) is 2.42. The fourth-order valence-electron chi connectivity index (χ4n) is 2.79. The predicted molar refractivity (Wildman–Crippen MR) is 72.2 cm³/mol. The molecule has 2 heterocycles. The minimum atomic E-state index is -1.14. The Hall–Kier alpha value is -0.950. The second kappa shape index (κ2) is 6.47.